The predicted octanol–water partition coefficient (Wildman–Crippen LogP) is 2.07. The number of carbonyl (C=O) groups is 2. The standard InChI is InChI=1S/C13H23BrN2O2/c1-4-5-11(17)15-10-6-8-16(9-7-10)12(18)13(2,3)14/h10H,4-9H2,1-3H3,(H,15,17). The van der Waals surface area contributed by atoms with Crippen LogP contribution in [0.4, 0.5) is 0 Å². The van der Waals surface area contributed by atoms with Crippen LogP contribution in [0.2, 0.25) is 0 Å². The third-order valence-corrected chi connectivity index (χ3v) is 3.47. The summed E-state index contributed by atoms with van der Waals surface area (Å²) < 4.78 is -0.495. The first-order chi connectivity index (χ1) is 8.34. The molecule has 18 heavy (non-hydrogen) atoms. The Balaban J connectivity index is 2.37. The van der Waals surface area contributed by atoms with Crippen molar-refractivity contribution in [2.75, 3.05) is 13.1 Å². The normalized spacial score (nSPS) is 17.7. The van der Waals surface area contributed by atoms with Gasteiger partial charge in [-0.1, -0.05) is 22.9 Å². The first-order valence-corrected chi connectivity index (χ1v) is 7.41. The molecule has 0 aromatic rings. The molecule has 0 bridgehead atoms. The van der Waals surface area contributed by atoms with E-state index < -0.39 is 4.32 Å². The van der Waals surface area contributed by atoms with Gasteiger partial charge in [-0.15, -0.1) is 0 Å². The van der Waals surface area contributed by atoms with Crippen LogP contribution in [0.15, 0.2) is 0 Å². The van der Waals surface area contributed by atoms with Crippen LogP contribution in [0.25, 0.3) is 0 Å². The van der Waals surface area contributed by atoms with Crippen LogP contribution < -0.4 is 5.32 Å². The summed E-state index contributed by atoms with van der Waals surface area (Å²) in [6.07, 6.45) is 3.17. The fourth-order valence-electron chi connectivity index (χ4n) is 2.13. The highest BCUT2D eigenvalue weighted by Crippen LogP contribution is 2.22. The largest absolute Gasteiger partial charge is 0.353 e. The minimum absolute atomic E-state index is 0.126. The van der Waals surface area contributed by atoms with Crippen LogP contribution >= 0.6 is 15.9 Å². The molecule has 1 aliphatic heterocycles. The Kier molecular flexibility index (Phi) is 5.63. The molecule has 2 amide bonds. The number of likely N-dealkylation sites (tertiary alicyclic amines) is 1. The van der Waals surface area contributed by atoms with E-state index in [9.17, 15) is 9.59 Å². The second-order valence-electron chi connectivity index (χ2n) is 5.36. The zero-order chi connectivity index (χ0) is 13.8. The zero-order valence-corrected chi connectivity index (χ0v) is 13.0. The SMILES string of the molecule is CCCC(=O)NC1CCN(C(=O)C(C)(C)Br)CC1. The van der Waals surface area contributed by atoms with Gasteiger partial charge in [0.25, 0.3) is 0 Å². The first-order valence-electron chi connectivity index (χ1n) is 6.62. The average molecular weight is 319 g/mol. The Morgan fingerprint density at radius 1 is 1.33 bits per heavy atom. The Labute approximate surface area is 118 Å². The summed E-state index contributed by atoms with van der Waals surface area (Å²) >= 11 is 3.39. The molecule has 0 saturated carbocycles. The van der Waals surface area contributed by atoms with Crippen molar-refractivity contribution in [3.05, 3.63) is 0 Å². The van der Waals surface area contributed by atoms with E-state index in [4.69, 9.17) is 0 Å². The summed E-state index contributed by atoms with van der Waals surface area (Å²) in [6, 6.07) is 0.228. The monoisotopic (exact) mass is 318 g/mol. The molecule has 1 fully saturated rings. The number of hydrogen-bond acceptors (Lipinski definition) is 2. The molecule has 1 heterocycles. The fourth-order valence-corrected chi connectivity index (χ4v) is 2.38. The van der Waals surface area contributed by atoms with E-state index >= 15 is 0 Å². The van der Waals surface area contributed by atoms with Crippen LogP contribution in [0.3, 0.4) is 0 Å². The molecule has 0 atom stereocenters. The van der Waals surface area contributed by atoms with Gasteiger partial charge in [-0.05, 0) is 33.1 Å². The molecule has 0 aromatic carbocycles. The predicted molar refractivity (Wildman–Crippen MR) is 75.7 cm³/mol. The molecule has 104 valence electrons. The molecule has 0 aliphatic carbocycles. The topological polar surface area (TPSA) is 49.4 Å². The number of rotatable bonds is 4. The van der Waals surface area contributed by atoms with Crippen molar-refractivity contribution >= 4 is 27.7 Å². The Morgan fingerprint density at radius 2 is 1.89 bits per heavy atom. The van der Waals surface area contributed by atoms with E-state index in [1.165, 1.54) is 0 Å². The van der Waals surface area contributed by atoms with E-state index in [0.717, 1.165) is 32.4 Å². The lowest BCUT2D eigenvalue weighted by molar-refractivity contribution is -0.134. The fraction of sp³-hybridized carbons (Fsp3) is 0.846. The van der Waals surface area contributed by atoms with E-state index in [1.807, 2.05) is 25.7 Å². The molecule has 0 spiro atoms. The minimum atomic E-state index is -0.495. The number of piperidine rings is 1. The number of hydrogen-bond donors (Lipinski definition) is 1. The maximum absolute atomic E-state index is 12.0. The molecule has 0 aromatic heterocycles. The summed E-state index contributed by atoms with van der Waals surface area (Å²) in [6.45, 7) is 7.18. The molecule has 4 nitrogen and oxygen atoms in total. The number of alkyl halides is 1. The molecule has 1 rings (SSSR count). The van der Waals surface area contributed by atoms with Gasteiger partial charge in [0.1, 0.15) is 0 Å². The lowest BCUT2D eigenvalue weighted by Gasteiger charge is -2.35. The van der Waals surface area contributed by atoms with Crippen molar-refractivity contribution in [2.24, 2.45) is 0 Å². The van der Waals surface area contributed by atoms with Crippen LogP contribution in [0.1, 0.15) is 46.5 Å². The summed E-state index contributed by atoms with van der Waals surface area (Å²) in [5, 5.41) is 3.03. The van der Waals surface area contributed by atoms with Crippen molar-refractivity contribution in [1.82, 2.24) is 10.2 Å². The van der Waals surface area contributed by atoms with Crippen molar-refractivity contribution in [1.29, 1.82) is 0 Å². The number of nitrogens with zero attached hydrogens (tertiary/aromatic N) is 1. The Morgan fingerprint density at radius 3 is 2.33 bits per heavy atom. The Hall–Kier alpha value is -0.580. The number of amides is 2. The van der Waals surface area contributed by atoms with Crippen LogP contribution in [0.5, 0.6) is 0 Å². The minimum Gasteiger partial charge on any atom is -0.353 e. The lowest BCUT2D eigenvalue weighted by Crippen LogP contribution is -2.50. The van der Waals surface area contributed by atoms with E-state index in [1.54, 1.807) is 0 Å². The van der Waals surface area contributed by atoms with Gasteiger partial charge in [-0.25, -0.2) is 0 Å². The van der Waals surface area contributed by atoms with Crippen molar-refractivity contribution in [3.63, 3.8) is 0 Å². The van der Waals surface area contributed by atoms with Gasteiger partial charge in [0.05, 0.1) is 4.32 Å². The van der Waals surface area contributed by atoms with Crippen LogP contribution in [-0.4, -0.2) is 40.2 Å². The van der Waals surface area contributed by atoms with Gasteiger partial charge >= 0.3 is 0 Å². The number of carbonyl (C=O) groups excluding carboxylic acids is 2. The summed E-state index contributed by atoms with van der Waals surface area (Å²) in [5.74, 6) is 0.254. The van der Waals surface area contributed by atoms with E-state index in [2.05, 4.69) is 21.2 Å². The summed E-state index contributed by atoms with van der Waals surface area (Å²) in [5.41, 5.74) is 0. The molecular formula is C13H23BrN2O2. The molecule has 1 N–H and O–H groups in total. The zero-order valence-electron chi connectivity index (χ0n) is 11.5. The lowest BCUT2D eigenvalue weighted by atomic mass is 10.0. The second kappa shape index (κ2) is 6.55. The molecule has 1 aliphatic rings. The van der Waals surface area contributed by atoms with Gasteiger partial charge < -0.3 is 10.2 Å². The van der Waals surface area contributed by atoms with Gasteiger partial charge in [-0.2, -0.15) is 0 Å². The smallest absolute Gasteiger partial charge is 0.238 e. The van der Waals surface area contributed by atoms with Crippen molar-refractivity contribution in [2.45, 2.75) is 56.8 Å². The van der Waals surface area contributed by atoms with Gasteiger partial charge in [0, 0.05) is 25.6 Å². The molecule has 5 heteroatoms. The van der Waals surface area contributed by atoms with Gasteiger partial charge in [-0.3, -0.25) is 9.59 Å². The highest BCUT2D eigenvalue weighted by molar-refractivity contribution is 9.10. The maximum atomic E-state index is 12.0. The Bertz CT molecular complexity index is 305. The summed E-state index contributed by atoms with van der Waals surface area (Å²) in [7, 11) is 0. The van der Waals surface area contributed by atoms with Crippen LogP contribution in [0, 0.1) is 0 Å². The molecular weight excluding hydrogens is 296 g/mol. The van der Waals surface area contributed by atoms with Crippen molar-refractivity contribution in [3.8, 4) is 0 Å². The maximum Gasteiger partial charge on any atom is 0.238 e. The van der Waals surface area contributed by atoms with Crippen LogP contribution in [-0.2, 0) is 9.59 Å². The van der Waals surface area contributed by atoms with E-state index in [-0.39, 0.29) is 17.9 Å². The number of halogens is 1. The molecule has 1 saturated heterocycles. The third kappa shape index (κ3) is 4.59. The molecule has 0 radical (unpaired) electrons. The van der Waals surface area contributed by atoms with Gasteiger partial charge in [0.2, 0.25) is 11.8 Å². The van der Waals surface area contributed by atoms with E-state index in [0.29, 0.717) is 6.42 Å². The first kappa shape index (κ1) is 15.5. The summed E-state index contributed by atoms with van der Waals surface area (Å²) in [4.78, 5) is 25.4. The average Bonchev–Trinajstić information content (AvgIpc) is 2.28. The second-order valence-corrected chi connectivity index (χ2v) is 7.34. The number of nitrogens with one attached hydrogen (secondary N) is 1. The third-order valence-electron chi connectivity index (χ3n) is 3.13. The highest BCUT2D eigenvalue weighted by Gasteiger charge is 2.31. The quantitative estimate of drug-likeness (QED) is 0.807. The van der Waals surface area contributed by atoms with Crippen molar-refractivity contribution < 1.29 is 9.59 Å². The van der Waals surface area contributed by atoms with Gasteiger partial charge in [0.15, 0.2) is 0 Å². The molecule has 0 unspecified atom stereocenters. The highest BCUT2D eigenvalue weighted by atomic mass is 79.9.